The van der Waals surface area contributed by atoms with E-state index < -0.39 is 0 Å². The van der Waals surface area contributed by atoms with Crippen LogP contribution >= 0.6 is 0 Å². The Kier molecular flexibility index (Phi) is 6.53. The topological polar surface area (TPSA) is 54.8 Å². The molecule has 3 aromatic carbocycles. The number of benzene rings is 3. The van der Waals surface area contributed by atoms with E-state index >= 15 is 0 Å². The average molecular weight is 402 g/mol. The maximum Gasteiger partial charge on any atom is 0.356 e. The lowest BCUT2D eigenvalue weighted by molar-refractivity contribution is -0.657. The van der Waals surface area contributed by atoms with E-state index in [1.807, 2.05) is 24.3 Å². The van der Waals surface area contributed by atoms with Gasteiger partial charge in [0, 0.05) is 0 Å². The van der Waals surface area contributed by atoms with Crippen LogP contribution in [0, 0.1) is 0 Å². The van der Waals surface area contributed by atoms with E-state index in [2.05, 4.69) is 52.1 Å². The fourth-order valence-corrected chi connectivity index (χ4v) is 4.22. The van der Waals surface area contributed by atoms with Crippen LogP contribution in [0.4, 0.5) is 5.95 Å². The lowest BCUT2D eigenvalue weighted by Gasteiger charge is -2.15. The van der Waals surface area contributed by atoms with Crippen molar-refractivity contribution in [3.8, 4) is 5.75 Å². The van der Waals surface area contributed by atoms with Crippen LogP contribution < -0.4 is 15.0 Å². The van der Waals surface area contributed by atoms with Gasteiger partial charge in [0.1, 0.15) is 11.0 Å². The third-order valence-electron chi connectivity index (χ3n) is 5.88. The molecule has 0 aliphatic carbocycles. The molecular weight excluding hydrogens is 370 g/mol. The van der Waals surface area contributed by atoms with Gasteiger partial charge in [0.2, 0.25) is 0 Å². The molecule has 1 aromatic heterocycles. The Morgan fingerprint density at radius 2 is 1.63 bits per heavy atom. The highest BCUT2D eigenvalue weighted by Crippen LogP contribution is 2.26. The van der Waals surface area contributed by atoms with Gasteiger partial charge in [-0.3, -0.25) is 5.32 Å². The molecule has 30 heavy (non-hydrogen) atoms. The van der Waals surface area contributed by atoms with Crippen LogP contribution in [0.3, 0.4) is 0 Å². The van der Waals surface area contributed by atoms with Gasteiger partial charge in [0.25, 0.3) is 0 Å². The standard InChI is InChI=1S/C26H31N3O/c1-2-3-4-5-6-11-18-29-24-15-10-9-14-23(24)28-26(29)27-19-22-21-13-8-7-12-20(21)16-17-25(22)30/h7-10,12-17H,2-6,11,18-19H2,1H3,(H2,27,28,30). The molecule has 1 heterocycles. The summed E-state index contributed by atoms with van der Waals surface area (Å²) in [5, 5.41) is 18.2. The Morgan fingerprint density at radius 3 is 2.53 bits per heavy atom. The van der Waals surface area contributed by atoms with Crippen molar-refractivity contribution in [1.82, 2.24) is 4.98 Å². The summed E-state index contributed by atoms with van der Waals surface area (Å²) in [4.78, 5) is 3.51. The van der Waals surface area contributed by atoms with Crippen LogP contribution in [0.5, 0.6) is 5.75 Å². The number of para-hydroxylation sites is 2. The van der Waals surface area contributed by atoms with Gasteiger partial charge in [-0.2, -0.15) is 0 Å². The van der Waals surface area contributed by atoms with Crippen LogP contribution in [-0.4, -0.2) is 4.98 Å². The first kappa shape index (κ1) is 20.3. The zero-order valence-electron chi connectivity index (χ0n) is 17.8. The second-order valence-electron chi connectivity index (χ2n) is 8.03. The number of hydrogen-bond donors (Lipinski definition) is 2. The van der Waals surface area contributed by atoms with E-state index in [-0.39, 0.29) is 5.75 Å². The first-order valence-corrected chi connectivity index (χ1v) is 11.2. The molecule has 4 heteroatoms. The molecule has 4 nitrogen and oxygen atoms in total. The molecule has 0 aliphatic heterocycles. The van der Waals surface area contributed by atoms with E-state index in [9.17, 15) is 5.11 Å². The van der Waals surface area contributed by atoms with E-state index in [0.29, 0.717) is 6.54 Å². The molecule has 0 fully saturated rings. The Labute approximate surface area is 178 Å². The molecule has 0 saturated heterocycles. The molecule has 2 N–H and O–H groups in total. The molecule has 0 unspecified atom stereocenters. The number of unbranched alkanes of at least 4 members (excludes halogenated alkanes) is 5. The maximum absolute atomic E-state index is 12.6. The third-order valence-corrected chi connectivity index (χ3v) is 5.88. The third kappa shape index (κ3) is 4.43. The molecule has 156 valence electrons. The summed E-state index contributed by atoms with van der Waals surface area (Å²) in [7, 11) is 0. The quantitative estimate of drug-likeness (QED) is 0.266. The van der Waals surface area contributed by atoms with Gasteiger partial charge in [0.05, 0.1) is 13.1 Å². The number of imidazole rings is 1. The largest absolute Gasteiger partial charge is 0.872 e. The molecule has 0 bridgehead atoms. The van der Waals surface area contributed by atoms with Crippen LogP contribution in [0.15, 0.2) is 60.7 Å². The van der Waals surface area contributed by atoms with Gasteiger partial charge in [-0.1, -0.05) is 87.6 Å². The lowest BCUT2D eigenvalue weighted by atomic mass is 10.0. The summed E-state index contributed by atoms with van der Waals surface area (Å²) in [5.74, 6) is 1.05. The van der Waals surface area contributed by atoms with E-state index in [4.69, 9.17) is 0 Å². The van der Waals surface area contributed by atoms with Gasteiger partial charge in [0.15, 0.2) is 0 Å². The maximum atomic E-state index is 12.6. The summed E-state index contributed by atoms with van der Waals surface area (Å²) >= 11 is 0. The molecular formula is C26H31N3O. The predicted molar refractivity (Wildman–Crippen MR) is 123 cm³/mol. The number of H-pyrrole nitrogens is 1. The van der Waals surface area contributed by atoms with Gasteiger partial charge in [-0.05, 0) is 34.9 Å². The van der Waals surface area contributed by atoms with Crippen LogP contribution in [0.2, 0.25) is 0 Å². The van der Waals surface area contributed by atoms with Crippen molar-refractivity contribution in [3.05, 3.63) is 66.2 Å². The average Bonchev–Trinajstić information content (AvgIpc) is 3.13. The Balaban J connectivity index is 1.53. The predicted octanol–water partition coefficient (Wildman–Crippen LogP) is 5.65. The highest BCUT2D eigenvalue weighted by atomic mass is 16.3. The second-order valence-corrected chi connectivity index (χ2v) is 8.03. The molecule has 4 rings (SSSR count). The van der Waals surface area contributed by atoms with Crippen molar-refractivity contribution in [1.29, 1.82) is 0 Å². The van der Waals surface area contributed by atoms with Crippen molar-refractivity contribution in [2.45, 2.75) is 58.5 Å². The number of fused-ring (bicyclic) bond motifs is 2. The van der Waals surface area contributed by atoms with E-state index in [1.54, 1.807) is 6.07 Å². The summed E-state index contributed by atoms with van der Waals surface area (Å²) in [5.41, 5.74) is 3.14. The summed E-state index contributed by atoms with van der Waals surface area (Å²) in [6.45, 7) is 3.73. The number of nitrogens with one attached hydrogen (secondary N) is 2. The number of hydrogen-bond acceptors (Lipinski definition) is 2. The van der Waals surface area contributed by atoms with Gasteiger partial charge in [-0.25, -0.2) is 9.55 Å². The monoisotopic (exact) mass is 401 g/mol. The number of nitrogens with zero attached hydrogens (tertiary/aromatic N) is 1. The van der Waals surface area contributed by atoms with Crippen molar-refractivity contribution in [3.63, 3.8) is 0 Å². The second kappa shape index (κ2) is 9.66. The Bertz CT molecular complexity index is 1120. The highest BCUT2D eigenvalue weighted by Gasteiger charge is 2.17. The van der Waals surface area contributed by atoms with Gasteiger partial charge in [-0.15, -0.1) is 5.75 Å². The minimum Gasteiger partial charge on any atom is -0.872 e. The number of aryl methyl sites for hydroxylation is 1. The van der Waals surface area contributed by atoms with Crippen LogP contribution in [0.25, 0.3) is 21.8 Å². The van der Waals surface area contributed by atoms with E-state index in [0.717, 1.165) is 40.8 Å². The van der Waals surface area contributed by atoms with Crippen molar-refractivity contribution >= 4 is 27.8 Å². The minimum absolute atomic E-state index is 0.0831. The molecule has 0 amide bonds. The molecule has 0 radical (unpaired) electrons. The minimum atomic E-state index is 0.0831. The molecule has 0 aliphatic rings. The normalized spacial score (nSPS) is 11.4. The first-order chi connectivity index (χ1) is 14.8. The zero-order valence-corrected chi connectivity index (χ0v) is 17.8. The zero-order chi connectivity index (χ0) is 20.8. The fraction of sp³-hybridized carbons (Fsp3) is 0.346. The molecule has 0 atom stereocenters. The fourth-order valence-electron chi connectivity index (χ4n) is 4.22. The van der Waals surface area contributed by atoms with Crippen molar-refractivity contribution < 1.29 is 9.67 Å². The lowest BCUT2D eigenvalue weighted by Crippen LogP contribution is -2.36. The summed E-state index contributed by atoms with van der Waals surface area (Å²) < 4.78 is 2.32. The Hall–Kier alpha value is -3.01. The number of aromatic nitrogens is 2. The molecule has 0 saturated carbocycles. The Morgan fingerprint density at radius 1 is 0.867 bits per heavy atom. The van der Waals surface area contributed by atoms with Crippen molar-refractivity contribution in [2.24, 2.45) is 0 Å². The van der Waals surface area contributed by atoms with Gasteiger partial charge >= 0.3 is 5.95 Å². The van der Waals surface area contributed by atoms with Crippen molar-refractivity contribution in [2.75, 3.05) is 5.32 Å². The smallest absolute Gasteiger partial charge is 0.356 e. The molecule has 4 aromatic rings. The summed E-state index contributed by atoms with van der Waals surface area (Å²) in [6, 6.07) is 20.1. The van der Waals surface area contributed by atoms with Crippen LogP contribution in [0.1, 0.15) is 51.0 Å². The number of rotatable bonds is 10. The van der Waals surface area contributed by atoms with Crippen LogP contribution in [-0.2, 0) is 13.1 Å². The van der Waals surface area contributed by atoms with E-state index in [1.165, 1.54) is 37.6 Å². The summed E-state index contributed by atoms with van der Waals surface area (Å²) in [6.07, 6.45) is 7.64. The first-order valence-electron chi connectivity index (χ1n) is 11.2. The number of anilines is 1. The van der Waals surface area contributed by atoms with Gasteiger partial charge < -0.3 is 5.11 Å². The molecule has 0 spiro atoms. The SMILES string of the molecule is CCCCCCCC[n+]1c(NCc2c([O-])ccc3ccccc23)[nH]c2ccccc21. The highest BCUT2D eigenvalue weighted by molar-refractivity contribution is 5.87. The number of aromatic amines is 1.